The number of amides is 1. The Hall–Kier alpha value is -1.18. The number of carboxylic acids is 1. The molecule has 0 saturated carbocycles. The Bertz CT molecular complexity index is 576. The summed E-state index contributed by atoms with van der Waals surface area (Å²) in [6.07, 6.45) is 2.26. The van der Waals surface area contributed by atoms with Gasteiger partial charge in [-0.3, -0.25) is 4.90 Å². The zero-order valence-electron chi connectivity index (χ0n) is 15.4. The fraction of sp³-hybridized carbons (Fsp3) is 0.706. The Morgan fingerprint density at radius 2 is 1.89 bits per heavy atom. The van der Waals surface area contributed by atoms with Crippen molar-refractivity contribution in [3.63, 3.8) is 0 Å². The van der Waals surface area contributed by atoms with Gasteiger partial charge in [0, 0.05) is 18.5 Å². The van der Waals surface area contributed by atoms with Crippen molar-refractivity contribution in [3.05, 3.63) is 12.2 Å². The van der Waals surface area contributed by atoms with Gasteiger partial charge < -0.3 is 14.6 Å². The lowest BCUT2D eigenvalue weighted by molar-refractivity contribution is -0.158. The second-order valence-electron chi connectivity index (χ2n) is 6.72. The smallest absolute Gasteiger partial charge is 0.410 e. The van der Waals surface area contributed by atoms with Crippen LogP contribution in [0.25, 0.3) is 0 Å². The highest BCUT2D eigenvalue weighted by Crippen LogP contribution is 2.28. The summed E-state index contributed by atoms with van der Waals surface area (Å²) in [6, 6.07) is -0.787. The normalized spacial score (nSPS) is 20.0. The number of carbonyl (C=O) groups is 3. The maximum atomic E-state index is 12.6. The number of hydrogen-bond donors (Lipinski definition) is 1. The van der Waals surface area contributed by atoms with Crippen LogP contribution in [-0.4, -0.2) is 57.1 Å². The van der Waals surface area contributed by atoms with E-state index in [1.807, 2.05) is 13.8 Å². The number of ether oxygens (including phenoxy) is 2. The van der Waals surface area contributed by atoms with Gasteiger partial charge in [0.05, 0.1) is 0 Å². The molecule has 0 radical (unpaired) electrons. The maximum Gasteiger partial charge on any atom is 0.410 e. The molecule has 0 aliphatic carbocycles. The van der Waals surface area contributed by atoms with E-state index in [9.17, 15) is 14.4 Å². The molecule has 3 atom stereocenters. The summed E-state index contributed by atoms with van der Waals surface area (Å²) in [5.74, 6) is -1.99. The first-order valence-corrected chi connectivity index (χ1v) is 9.67. The average molecular weight is 445 g/mol. The monoisotopic (exact) mass is 443 g/mol. The molecule has 1 heterocycles. The molecule has 1 N–H and O–H groups in total. The molecule has 0 aromatic rings. The standard InChI is InChI=1S/C17H24Cl3NO6/c1-10(2)14(11(3)6-7-13(22)23)27-15(24)12-5-4-8-21(12)16(25)26-9-17(18,19)20/h6-7,10-12,14H,4-5,8-9H2,1-3H3,(H,22,23)/b7-6+/t11-,12-,14-/m1/s1. The zero-order valence-corrected chi connectivity index (χ0v) is 17.6. The van der Waals surface area contributed by atoms with Crippen molar-refractivity contribution in [2.75, 3.05) is 13.2 Å². The highest BCUT2D eigenvalue weighted by atomic mass is 35.6. The molecule has 1 fully saturated rings. The Morgan fingerprint density at radius 1 is 1.26 bits per heavy atom. The number of alkyl halides is 3. The highest BCUT2D eigenvalue weighted by Gasteiger charge is 2.39. The van der Waals surface area contributed by atoms with Crippen molar-refractivity contribution in [1.82, 2.24) is 4.90 Å². The van der Waals surface area contributed by atoms with Crippen molar-refractivity contribution >= 4 is 52.8 Å². The summed E-state index contributed by atoms with van der Waals surface area (Å²) >= 11 is 16.7. The third-order valence-corrected chi connectivity index (χ3v) is 4.42. The van der Waals surface area contributed by atoms with Gasteiger partial charge >= 0.3 is 18.0 Å². The van der Waals surface area contributed by atoms with Crippen LogP contribution in [-0.2, 0) is 19.1 Å². The van der Waals surface area contributed by atoms with E-state index in [1.165, 1.54) is 11.0 Å². The summed E-state index contributed by atoms with van der Waals surface area (Å²) in [4.78, 5) is 36.8. The largest absolute Gasteiger partial charge is 0.478 e. The lowest BCUT2D eigenvalue weighted by Crippen LogP contribution is -2.44. The van der Waals surface area contributed by atoms with Crippen LogP contribution in [0.1, 0.15) is 33.6 Å². The van der Waals surface area contributed by atoms with E-state index in [2.05, 4.69) is 0 Å². The van der Waals surface area contributed by atoms with E-state index in [4.69, 9.17) is 49.4 Å². The molecule has 0 spiro atoms. The van der Waals surface area contributed by atoms with E-state index >= 15 is 0 Å². The van der Waals surface area contributed by atoms with Crippen LogP contribution in [0, 0.1) is 11.8 Å². The van der Waals surface area contributed by atoms with E-state index < -0.39 is 40.6 Å². The zero-order chi connectivity index (χ0) is 20.8. The van der Waals surface area contributed by atoms with Crippen LogP contribution < -0.4 is 0 Å². The fourth-order valence-corrected chi connectivity index (χ4v) is 3.03. The quantitative estimate of drug-likeness (QED) is 0.365. The molecule has 1 saturated heterocycles. The molecule has 1 rings (SSSR count). The van der Waals surface area contributed by atoms with Gasteiger partial charge in [0.25, 0.3) is 0 Å². The molecule has 10 heteroatoms. The van der Waals surface area contributed by atoms with Crippen LogP contribution >= 0.6 is 34.8 Å². The first-order valence-electron chi connectivity index (χ1n) is 8.54. The molecule has 1 aliphatic heterocycles. The van der Waals surface area contributed by atoms with Crippen molar-refractivity contribution in [1.29, 1.82) is 0 Å². The second-order valence-corrected chi connectivity index (χ2v) is 9.24. The van der Waals surface area contributed by atoms with Crippen LogP contribution in [0.15, 0.2) is 12.2 Å². The van der Waals surface area contributed by atoms with Gasteiger partial charge in [-0.15, -0.1) is 0 Å². The predicted octanol–water partition coefficient (Wildman–Crippen LogP) is 3.80. The molecule has 0 unspecified atom stereocenters. The Balaban J connectivity index is 2.76. The highest BCUT2D eigenvalue weighted by molar-refractivity contribution is 6.67. The third-order valence-electron chi connectivity index (χ3n) is 4.09. The fourth-order valence-electron chi connectivity index (χ4n) is 2.86. The number of esters is 1. The van der Waals surface area contributed by atoms with Crippen molar-refractivity contribution in [2.45, 2.75) is 49.6 Å². The van der Waals surface area contributed by atoms with E-state index in [1.54, 1.807) is 6.92 Å². The van der Waals surface area contributed by atoms with Crippen LogP contribution in [0.4, 0.5) is 4.79 Å². The number of carbonyl (C=O) groups excluding carboxylic acids is 2. The van der Waals surface area contributed by atoms with E-state index in [0.29, 0.717) is 19.4 Å². The number of halogens is 3. The summed E-state index contributed by atoms with van der Waals surface area (Å²) in [6.45, 7) is 5.40. The summed E-state index contributed by atoms with van der Waals surface area (Å²) < 4.78 is 8.81. The van der Waals surface area contributed by atoms with Crippen molar-refractivity contribution < 1.29 is 29.0 Å². The van der Waals surface area contributed by atoms with Gasteiger partial charge in [-0.25, -0.2) is 14.4 Å². The SMILES string of the molecule is CC(C)[C@@H](OC(=O)[C@H]1CCCN1C(=O)OCC(Cl)(Cl)Cl)[C@H](C)/C=C/C(=O)O. The topological polar surface area (TPSA) is 93.1 Å². The summed E-state index contributed by atoms with van der Waals surface area (Å²) in [5.41, 5.74) is 0. The minimum atomic E-state index is -1.74. The number of rotatable bonds is 7. The second kappa shape index (κ2) is 10.4. The molecule has 0 aromatic carbocycles. The number of aliphatic carboxylic acids is 1. The van der Waals surface area contributed by atoms with Crippen molar-refractivity contribution in [2.24, 2.45) is 11.8 Å². The number of nitrogens with zero attached hydrogens (tertiary/aromatic N) is 1. The minimum Gasteiger partial charge on any atom is -0.478 e. The van der Waals surface area contributed by atoms with Gasteiger partial charge in [0.15, 0.2) is 0 Å². The summed E-state index contributed by atoms with van der Waals surface area (Å²) in [7, 11) is 0. The van der Waals surface area contributed by atoms with Crippen LogP contribution in [0.5, 0.6) is 0 Å². The van der Waals surface area contributed by atoms with Gasteiger partial charge in [-0.1, -0.05) is 61.7 Å². The summed E-state index contributed by atoms with van der Waals surface area (Å²) in [5, 5.41) is 8.76. The number of likely N-dealkylation sites (tertiary alicyclic amines) is 1. The first-order chi connectivity index (χ1) is 12.4. The maximum absolute atomic E-state index is 12.6. The van der Waals surface area contributed by atoms with E-state index in [0.717, 1.165) is 6.08 Å². The van der Waals surface area contributed by atoms with Gasteiger partial charge in [0.2, 0.25) is 3.79 Å². The van der Waals surface area contributed by atoms with E-state index in [-0.39, 0.29) is 11.8 Å². The molecule has 0 bridgehead atoms. The first kappa shape index (κ1) is 23.9. The lowest BCUT2D eigenvalue weighted by atomic mass is 9.94. The molecule has 154 valence electrons. The number of carboxylic acid groups (broad SMARTS) is 1. The molecule has 1 amide bonds. The van der Waals surface area contributed by atoms with Crippen LogP contribution in [0.3, 0.4) is 0 Å². The van der Waals surface area contributed by atoms with Gasteiger partial charge in [0.1, 0.15) is 18.8 Å². The Labute approximate surface area is 173 Å². The third kappa shape index (κ3) is 8.15. The Morgan fingerprint density at radius 3 is 2.41 bits per heavy atom. The minimum absolute atomic E-state index is 0.0476. The van der Waals surface area contributed by atoms with Crippen molar-refractivity contribution in [3.8, 4) is 0 Å². The molecule has 27 heavy (non-hydrogen) atoms. The van der Waals surface area contributed by atoms with Gasteiger partial charge in [-0.2, -0.15) is 0 Å². The molecule has 7 nitrogen and oxygen atoms in total. The average Bonchev–Trinajstić information content (AvgIpc) is 3.03. The Kier molecular flexibility index (Phi) is 9.18. The molecule has 0 aromatic heterocycles. The molecular formula is C17H24Cl3NO6. The predicted molar refractivity (Wildman–Crippen MR) is 102 cm³/mol. The molecular weight excluding hydrogens is 421 g/mol. The van der Waals surface area contributed by atoms with Crippen LogP contribution in [0.2, 0.25) is 0 Å². The lowest BCUT2D eigenvalue weighted by Gasteiger charge is -2.29. The number of hydrogen-bond acceptors (Lipinski definition) is 5. The van der Waals surface area contributed by atoms with Gasteiger partial charge in [-0.05, 0) is 18.8 Å². The molecule has 1 aliphatic rings.